The molecule has 44 heavy (non-hydrogen) atoms. The summed E-state index contributed by atoms with van der Waals surface area (Å²) < 4.78 is 23.6. The van der Waals surface area contributed by atoms with Gasteiger partial charge >= 0.3 is 5.97 Å². The lowest BCUT2D eigenvalue weighted by Gasteiger charge is -2.25. The van der Waals surface area contributed by atoms with Crippen LogP contribution in [-0.4, -0.2) is 59.4 Å². The highest BCUT2D eigenvalue weighted by Gasteiger charge is 2.59. The third-order valence-electron chi connectivity index (χ3n) is 8.17. The summed E-state index contributed by atoms with van der Waals surface area (Å²) in [5.74, 6) is -3.85. The van der Waals surface area contributed by atoms with Gasteiger partial charge in [0.25, 0.3) is 5.91 Å². The molecule has 0 spiro atoms. The highest BCUT2D eigenvalue weighted by molar-refractivity contribution is 5.98. The minimum Gasteiger partial charge on any atom is -0.463 e. The van der Waals surface area contributed by atoms with Crippen LogP contribution in [0.5, 0.6) is 0 Å². The summed E-state index contributed by atoms with van der Waals surface area (Å²) >= 11 is 0. The van der Waals surface area contributed by atoms with Crippen molar-refractivity contribution in [1.82, 2.24) is 21.1 Å². The van der Waals surface area contributed by atoms with Crippen molar-refractivity contribution in [3.63, 3.8) is 0 Å². The van der Waals surface area contributed by atoms with Gasteiger partial charge in [0.15, 0.2) is 11.5 Å². The molecule has 1 aromatic heterocycles. The summed E-state index contributed by atoms with van der Waals surface area (Å²) in [5, 5.41) is 12.3. The molecule has 1 aliphatic heterocycles. The summed E-state index contributed by atoms with van der Waals surface area (Å²) in [4.78, 5) is 65.1. The molecule has 1 aromatic carbocycles. The Morgan fingerprint density at radius 1 is 1.23 bits per heavy atom. The number of ether oxygens (including phenoxy) is 1. The number of benzene rings is 1. The molecule has 1 aliphatic carbocycles. The normalized spacial score (nSPS) is 22.4. The Labute approximate surface area is 255 Å². The van der Waals surface area contributed by atoms with Crippen LogP contribution in [0.15, 0.2) is 47.0 Å². The van der Waals surface area contributed by atoms with Gasteiger partial charge in [0.1, 0.15) is 11.6 Å². The number of carbonyl (C=O) groups is 5. The van der Waals surface area contributed by atoms with E-state index in [1.807, 2.05) is 0 Å². The van der Waals surface area contributed by atoms with Crippen molar-refractivity contribution >= 4 is 29.5 Å². The van der Waals surface area contributed by atoms with Crippen LogP contribution in [0, 0.1) is 36.4 Å². The fraction of sp³-hybridized carbons (Fsp3) is 0.500. The zero-order chi connectivity index (χ0) is 32.0. The Bertz CT molecular complexity index is 1420. The molecule has 3 amide bonds. The summed E-state index contributed by atoms with van der Waals surface area (Å²) in [6.07, 6.45) is 3.76. The summed E-state index contributed by atoms with van der Waals surface area (Å²) in [6.45, 7) is 7.60. The maximum Gasteiger partial charge on any atom is 0.330 e. The standard InChI is InChI=1S/C32H39FN4O7/c1-5-43-27(39)10-12-32(17-24(32)23-11-13-34-30(23)41)36-29(40)21(15-20-6-8-22(33)9-7-20)16-26(38)28(18(2)3)35-31(42)25-14-19(4)44-37-25/h6-10,12,14,18,21,23-24,28H,5,11,13,15-17H2,1-4H3,(H,34,41)(H,35,42)(H,36,40)/b12-10+/t21-,23+,24?,28+,32?/m1/s1. The van der Waals surface area contributed by atoms with Crippen LogP contribution in [0.2, 0.25) is 0 Å². The van der Waals surface area contributed by atoms with E-state index in [0.29, 0.717) is 30.7 Å². The van der Waals surface area contributed by atoms with E-state index >= 15 is 0 Å². The number of hydrogen-bond donors (Lipinski definition) is 3. The van der Waals surface area contributed by atoms with E-state index < -0.39 is 41.1 Å². The molecule has 5 atom stereocenters. The average molecular weight is 611 g/mol. The van der Waals surface area contributed by atoms with Gasteiger partial charge in [0.2, 0.25) is 11.8 Å². The lowest BCUT2D eigenvalue weighted by Crippen LogP contribution is -2.47. The van der Waals surface area contributed by atoms with Crippen LogP contribution < -0.4 is 16.0 Å². The van der Waals surface area contributed by atoms with E-state index in [1.165, 1.54) is 24.3 Å². The molecule has 2 aromatic rings. The number of aromatic nitrogens is 1. The molecule has 0 bridgehead atoms. The fourth-order valence-electron chi connectivity index (χ4n) is 5.76. The van der Waals surface area contributed by atoms with Crippen LogP contribution in [0.3, 0.4) is 0 Å². The number of amides is 3. The van der Waals surface area contributed by atoms with E-state index in [2.05, 4.69) is 21.1 Å². The third kappa shape index (κ3) is 7.97. The van der Waals surface area contributed by atoms with Crippen molar-refractivity contribution in [2.24, 2.45) is 23.7 Å². The van der Waals surface area contributed by atoms with Gasteiger partial charge in [0, 0.05) is 36.9 Å². The summed E-state index contributed by atoms with van der Waals surface area (Å²) in [6, 6.07) is 6.20. The van der Waals surface area contributed by atoms with Gasteiger partial charge in [-0.15, -0.1) is 0 Å². The summed E-state index contributed by atoms with van der Waals surface area (Å²) in [7, 11) is 0. The predicted octanol–water partition coefficient (Wildman–Crippen LogP) is 2.82. The van der Waals surface area contributed by atoms with Crippen molar-refractivity contribution in [2.45, 2.75) is 65.0 Å². The van der Waals surface area contributed by atoms with Gasteiger partial charge < -0.3 is 25.2 Å². The zero-order valence-corrected chi connectivity index (χ0v) is 25.4. The second kappa shape index (κ2) is 14.0. The van der Waals surface area contributed by atoms with Gasteiger partial charge in [-0.2, -0.15) is 0 Å². The minimum absolute atomic E-state index is 0.0348. The monoisotopic (exact) mass is 610 g/mol. The molecule has 2 aliphatic rings. The number of esters is 1. The van der Waals surface area contributed by atoms with E-state index in [9.17, 15) is 28.4 Å². The smallest absolute Gasteiger partial charge is 0.330 e. The van der Waals surface area contributed by atoms with Gasteiger partial charge in [0.05, 0.1) is 18.2 Å². The third-order valence-corrected chi connectivity index (χ3v) is 8.17. The molecule has 2 fully saturated rings. The number of halogens is 1. The number of hydrogen-bond acceptors (Lipinski definition) is 8. The lowest BCUT2D eigenvalue weighted by molar-refractivity contribution is -0.137. The second-order valence-corrected chi connectivity index (χ2v) is 11.8. The molecular formula is C32H39FN4O7. The Balaban J connectivity index is 1.57. The SMILES string of the molecule is CCOC(=O)/C=C/C1(NC(=O)[C@@H](CC(=O)[C@@H](NC(=O)c2cc(C)on2)C(C)C)Cc2ccc(F)cc2)CC1[C@@H]1CCNC1=O. The molecule has 1 saturated heterocycles. The number of carbonyl (C=O) groups excluding carboxylic acids is 5. The quantitative estimate of drug-likeness (QED) is 0.218. The maximum atomic E-state index is 14.0. The number of rotatable bonds is 14. The van der Waals surface area contributed by atoms with Crippen molar-refractivity contribution in [1.29, 1.82) is 0 Å². The van der Waals surface area contributed by atoms with E-state index in [-0.39, 0.29) is 54.6 Å². The van der Waals surface area contributed by atoms with Gasteiger partial charge in [-0.3, -0.25) is 19.2 Å². The molecule has 2 heterocycles. The molecule has 11 nitrogen and oxygen atoms in total. The average Bonchev–Trinajstić information content (AvgIpc) is 3.24. The van der Waals surface area contributed by atoms with E-state index in [4.69, 9.17) is 9.26 Å². The number of nitrogens with zero attached hydrogens (tertiary/aromatic N) is 1. The second-order valence-electron chi connectivity index (χ2n) is 11.8. The Morgan fingerprint density at radius 3 is 2.55 bits per heavy atom. The van der Waals surface area contributed by atoms with Crippen LogP contribution in [0.25, 0.3) is 0 Å². The van der Waals surface area contributed by atoms with Crippen molar-refractivity contribution in [2.75, 3.05) is 13.2 Å². The molecular weight excluding hydrogens is 571 g/mol. The van der Waals surface area contributed by atoms with Gasteiger partial charge in [-0.25, -0.2) is 9.18 Å². The Morgan fingerprint density at radius 2 is 1.95 bits per heavy atom. The first-order chi connectivity index (χ1) is 20.9. The molecule has 0 radical (unpaired) electrons. The van der Waals surface area contributed by atoms with Crippen LogP contribution in [-0.2, 0) is 30.3 Å². The largest absolute Gasteiger partial charge is 0.463 e. The van der Waals surface area contributed by atoms with Crippen LogP contribution in [0.4, 0.5) is 4.39 Å². The molecule has 4 rings (SSSR count). The van der Waals surface area contributed by atoms with E-state index in [1.54, 1.807) is 45.9 Å². The van der Waals surface area contributed by atoms with Crippen LogP contribution >= 0.6 is 0 Å². The lowest BCUT2D eigenvalue weighted by atomic mass is 9.87. The molecule has 3 N–H and O–H groups in total. The number of nitrogens with one attached hydrogen (secondary N) is 3. The molecule has 1 saturated carbocycles. The summed E-state index contributed by atoms with van der Waals surface area (Å²) in [5.41, 5.74) is -0.301. The topological polar surface area (TPSA) is 157 Å². The predicted molar refractivity (Wildman–Crippen MR) is 156 cm³/mol. The molecule has 12 heteroatoms. The maximum absolute atomic E-state index is 14.0. The Hall–Kier alpha value is -4.35. The Kier molecular flexibility index (Phi) is 10.3. The number of ketones is 1. The van der Waals surface area contributed by atoms with Crippen LogP contribution in [0.1, 0.15) is 61.8 Å². The van der Waals surface area contributed by atoms with Crippen molar-refractivity contribution in [3.05, 3.63) is 65.3 Å². The fourth-order valence-corrected chi connectivity index (χ4v) is 5.76. The highest BCUT2D eigenvalue weighted by atomic mass is 19.1. The first-order valence-electron chi connectivity index (χ1n) is 14.9. The van der Waals surface area contributed by atoms with Crippen molar-refractivity contribution < 1.29 is 37.6 Å². The van der Waals surface area contributed by atoms with E-state index in [0.717, 1.165) is 0 Å². The zero-order valence-electron chi connectivity index (χ0n) is 25.4. The van der Waals surface area contributed by atoms with Crippen molar-refractivity contribution in [3.8, 4) is 0 Å². The first kappa shape index (κ1) is 32.6. The highest BCUT2D eigenvalue weighted by Crippen LogP contribution is 2.51. The minimum atomic E-state index is -0.975. The van der Waals surface area contributed by atoms with Gasteiger partial charge in [-0.05, 0) is 62.6 Å². The first-order valence-corrected chi connectivity index (χ1v) is 14.9. The number of Topliss-reactive ketones (excluding diaryl/α,β-unsaturated/α-hetero) is 1. The number of aryl methyl sites for hydroxylation is 1. The molecule has 2 unspecified atom stereocenters. The van der Waals surface area contributed by atoms with Gasteiger partial charge in [-0.1, -0.05) is 37.2 Å². The molecule has 236 valence electrons.